The molecule has 1 aromatic heterocycles. The maximum absolute atomic E-state index is 4.80. The Morgan fingerprint density at radius 1 is 1.38 bits per heavy atom. The van der Waals surface area contributed by atoms with Gasteiger partial charge < -0.3 is 10.2 Å². The summed E-state index contributed by atoms with van der Waals surface area (Å²) >= 11 is 0. The van der Waals surface area contributed by atoms with E-state index in [0.29, 0.717) is 5.92 Å². The number of aromatic nitrogens is 3. The van der Waals surface area contributed by atoms with E-state index in [1.807, 2.05) is 0 Å². The first-order valence-electron chi connectivity index (χ1n) is 8.25. The van der Waals surface area contributed by atoms with Crippen molar-refractivity contribution in [3.8, 4) is 0 Å². The van der Waals surface area contributed by atoms with E-state index in [0.717, 1.165) is 56.7 Å². The standard InChI is InChI=1S/C15H26N6/c1-2-16-15(17-8-5-12-3-4-12)21-9-6-13(7-10-21)14-18-11-19-20-14/h11-13H,2-10H2,1H3,(H,16,17)(H,18,19,20). The average molecular weight is 290 g/mol. The second-order valence-electron chi connectivity index (χ2n) is 6.10. The van der Waals surface area contributed by atoms with Crippen molar-refractivity contribution in [1.82, 2.24) is 25.4 Å². The van der Waals surface area contributed by atoms with Gasteiger partial charge in [0.05, 0.1) is 0 Å². The van der Waals surface area contributed by atoms with Gasteiger partial charge in [0, 0.05) is 32.1 Å². The molecule has 6 heteroatoms. The van der Waals surface area contributed by atoms with Crippen molar-refractivity contribution >= 4 is 5.96 Å². The van der Waals surface area contributed by atoms with E-state index < -0.39 is 0 Å². The van der Waals surface area contributed by atoms with Crippen LogP contribution in [0.25, 0.3) is 0 Å². The van der Waals surface area contributed by atoms with Crippen molar-refractivity contribution < 1.29 is 0 Å². The van der Waals surface area contributed by atoms with Gasteiger partial charge >= 0.3 is 0 Å². The van der Waals surface area contributed by atoms with Gasteiger partial charge in [-0.1, -0.05) is 12.8 Å². The minimum atomic E-state index is 0.512. The fourth-order valence-electron chi connectivity index (χ4n) is 2.96. The molecular weight excluding hydrogens is 264 g/mol. The summed E-state index contributed by atoms with van der Waals surface area (Å²) in [6.45, 7) is 6.12. The molecule has 116 valence electrons. The van der Waals surface area contributed by atoms with Crippen LogP contribution in [0, 0.1) is 5.92 Å². The van der Waals surface area contributed by atoms with Crippen LogP contribution in [0.5, 0.6) is 0 Å². The third kappa shape index (κ3) is 3.95. The van der Waals surface area contributed by atoms with Crippen molar-refractivity contribution in [2.24, 2.45) is 10.9 Å². The van der Waals surface area contributed by atoms with Gasteiger partial charge in [-0.15, -0.1) is 0 Å². The van der Waals surface area contributed by atoms with Crippen LogP contribution in [-0.4, -0.2) is 52.2 Å². The van der Waals surface area contributed by atoms with E-state index in [2.05, 4.69) is 32.3 Å². The zero-order valence-electron chi connectivity index (χ0n) is 12.9. The van der Waals surface area contributed by atoms with Crippen LogP contribution in [0.15, 0.2) is 11.3 Å². The SMILES string of the molecule is CCNC(=NCCC1CC1)N1CCC(c2ncn[nH]2)CC1. The summed E-state index contributed by atoms with van der Waals surface area (Å²) in [5, 5.41) is 10.4. The lowest BCUT2D eigenvalue weighted by molar-refractivity contribution is 0.299. The Morgan fingerprint density at radius 3 is 2.81 bits per heavy atom. The zero-order chi connectivity index (χ0) is 14.5. The lowest BCUT2D eigenvalue weighted by Crippen LogP contribution is -2.45. The molecule has 21 heavy (non-hydrogen) atoms. The fourth-order valence-corrected chi connectivity index (χ4v) is 2.96. The minimum Gasteiger partial charge on any atom is -0.357 e. The Balaban J connectivity index is 1.51. The number of hydrogen-bond acceptors (Lipinski definition) is 3. The second-order valence-corrected chi connectivity index (χ2v) is 6.10. The molecule has 2 N–H and O–H groups in total. The smallest absolute Gasteiger partial charge is 0.193 e. The normalized spacial score (nSPS) is 20.8. The topological polar surface area (TPSA) is 69.2 Å². The summed E-state index contributed by atoms with van der Waals surface area (Å²) in [4.78, 5) is 11.5. The molecule has 0 aromatic carbocycles. The predicted molar refractivity (Wildman–Crippen MR) is 83.3 cm³/mol. The minimum absolute atomic E-state index is 0.512. The number of aliphatic imine (C=N–C) groups is 1. The third-order valence-electron chi connectivity index (χ3n) is 4.45. The maximum Gasteiger partial charge on any atom is 0.193 e. The Morgan fingerprint density at radius 2 is 2.19 bits per heavy atom. The number of nitrogens with zero attached hydrogens (tertiary/aromatic N) is 4. The molecule has 0 radical (unpaired) electrons. The van der Waals surface area contributed by atoms with E-state index in [9.17, 15) is 0 Å². The highest BCUT2D eigenvalue weighted by molar-refractivity contribution is 5.80. The monoisotopic (exact) mass is 290 g/mol. The molecule has 0 spiro atoms. The van der Waals surface area contributed by atoms with E-state index in [1.54, 1.807) is 6.33 Å². The van der Waals surface area contributed by atoms with Gasteiger partial charge in [0.25, 0.3) is 0 Å². The number of nitrogens with one attached hydrogen (secondary N) is 2. The number of piperidine rings is 1. The first-order chi connectivity index (χ1) is 10.4. The summed E-state index contributed by atoms with van der Waals surface area (Å²) in [6.07, 6.45) is 7.91. The molecule has 3 rings (SSSR count). The molecule has 2 heterocycles. The van der Waals surface area contributed by atoms with E-state index >= 15 is 0 Å². The van der Waals surface area contributed by atoms with Crippen LogP contribution in [0.2, 0.25) is 0 Å². The molecule has 1 aliphatic carbocycles. The molecule has 0 amide bonds. The van der Waals surface area contributed by atoms with Crippen LogP contribution in [-0.2, 0) is 0 Å². The maximum atomic E-state index is 4.80. The molecule has 2 aliphatic rings. The first kappa shape index (κ1) is 14.4. The summed E-state index contributed by atoms with van der Waals surface area (Å²) < 4.78 is 0. The zero-order valence-corrected chi connectivity index (χ0v) is 12.9. The van der Waals surface area contributed by atoms with Gasteiger partial charge in [-0.3, -0.25) is 10.1 Å². The molecule has 1 aromatic rings. The molecule has 1 saturated heterocycles. The molecule has 0 atom stereocenters. The molecular formula is C15H26N6. The number of H-pyrrole nitrogens is 1. The van der Waals surface area contributed by atoms with Crippen molar-refractivity contribution in [2.45, 2.75) is 44.9 Å². The first-order valence-corrected chi connectivity index (χ1v) is 8.25. The average Bonchev–Trinajstić information content (AvgIpc) is 3.17. The Labute approximate surface area is 126 Å². The number of rotatable bonds is 5. The van der Waals surface area contributed by atoms with Gasteiger partial charge in [0.15, 0.2) is 5.96 Å². The van der Waals surface area contributed by atoms with Crippen molar-refractivity contribution in [1.29, 1.82) is 0 Å². The van der Waals surface area contributed by atoms with Gasteiger partial charge in [-0.2, -0.15) is 5.10 Å². The van der Waals surface area contributed by atoms with E-state index in [-0.39, 0.29) is 0 Å². The largest absolute Gasteiger partial charge is 0.357 e. The van der Waals surface area contributed by atoms with E-state index in [4.69, 9.17) is 4.99 Å². The highest BCUT2D eigenvalue weighted by atomic mass is 15.3. The van der Waals surface area contributed by atoms with Gasteiger partial charge in [0.2, 0.25) is 0 Å². The Hall–Kier alpha value is -1.59. The van der Waals surface area contributed by atoms with Gasteiger partial charge in [-0.25, -0.2) is 4.98 Å². The molecule has 2 fully saturated rings. The Bertz CT molecular complexity index is 443. The highest BCUT2D eigenvalue weighted by Gasteiger charge is 2.24. The van der Waals surface area contributed by atoms with Crippen molar-refractivity contribution in [3.63, 3.8) is 0 Å². The van der Waals surface area contributed by atoms with Crippen molar-refractivity contribution in [2.75, 3.05) is 26.2 Å². The molecule has 0 unspecified atom stereocenters. The van der Waals surface area contributed by atoms with Crippen LogP contribution in [0.3, 0.4) is 0 Å². The lowest BCUT2D eigenvalue weighted by atomic mass is 9.96. The summed E-state index contributed by atoms with van der Waals surface area (Å²) in [5.74, 6) is 3.59. The van der Waals surface area contributed by atoms with E-state index in [1.165, 1.54) is 19.3 Å². The summed E-state index contributed by atoms with van der Waals surface area (Å²) in [5.41, 5.74) is 0. The van der Waals surface area contributed by atoms with Gasteiger partial charge in [0.1, 0.15) is 12.2 Å². The van der Waals surface area contributed by atoms with Gasteiger partial charge in [-0.05, 0) is 32.1 Å². The molecule has 0 bridgehead atoms. The van der Waals surface area contributed by atoms with Crippen LogP contribution < -0.4 is 5.32 Å². The second kappa shape index (κ2) is 6.91. The predicted octanol–water partition coefficient (Wildman–Crippen LogP) is 1.75. The third-order valence-corrected chi connectivity index (χ3v) is 4.45. The number of hydrogen-bond donors (Lipinski definition) is 2. The lowest BCUT2D eigenvalue weighted by Gasteiger charge is -2.33. The molecule has 6 nitrogen and oxygen atoms in total. The van der Waals surface area contributed by atoms with Crippen LogP contribution >= 0.6 is 0 Å². The quantitative estimate of drug-likeness (QED) is 0.640. The fraction of sp³-hybridized carbons (Fsp3) is 0.800. The molecule has 1 saturated carbocycles. The van der Waals surface area contributed by atoms with Crippen LogP contribution in [0.4, 0.5) is 0 Å². The highest BCUT2D eigenvalue weighted by Crippen LogP contribution is 2.32. The summed E-state index contributed by atoms with van der Waals surface area (Å²) in [6, 6.07) is 0. The van der Waals surface area contributed by atoms with Crippen molar-refractivity contribution in [3.05, 3.63) is 12.2 Å². The number of likely N-dealkylation sites (tertiary alicyclic amines) is 1. The summed E-state index contributed by atoms with van der Waals surface area (Å²) in [7, 11) is 0. The Kier molecular flexibility index (Phi) is 4.72. The molecule has 1 aliphatic heterocycles. The number of guanidine groups is 1. The number of aromatic amines is 1. The van der Waals surface area contributed by atoms with Crippen LogP contribution in [0.1, 0.15) is 50.8 Å².